The minimum atomic E-state index is -0.316. The van der Waals surface area contributed by atoms with Crippen molar-refractivity contribution in [3.63, 3.8) is 0 Å². The van der Waals surface area contributed by atoms with Gasteiger partial charge in [-0.2, -0.15) is 0 Å². The Labute approximate surface area is 109 Å². The molecule has 2 aromatic rings. The Bertz CT molecular complexity index is 536. The summed E-state index contributed by atoms with van der Waals surface area (Å²) in [5.74, 6) is 0.442. The van der Waals surface area contributed by atoms with E-state index in [0.29, 0.717) is 23.7 Å². The number of nitrogens with one attached hydrogen (secondary N) is 1. The molecule has 2 rings (SSSR count). The highest BCUT2D eigenvalue weighted by Crippen LogP contribution is 2.22. The molecule has 0 aliphatic rings. The van der Waals surface area contributed by atoms with Crippen LogP contribution >= 0.6 is 11.6 Å². The first kappa shape index (κ1) is 12.6. The van der Waals surface area contributed by atoms with Crippen LogP contribution in [0.3, 0.4) is 0 Å². The molecule has 1 N–H and O–H groups in total. The number of hydrogen-bond acceptors (Lipinski definition) is 2. The number of amides is 1. The fraction of sp³-hybridized carbons (Fsp3) is 0.154. The summed E-state index contributed by atoms with van der Waals surface area (Å²) < 4.78 is 18.2. The molecule has 0 atom stereocenters. The summed E-state index contributed by atoms with van der Waals surface area (Å²) in [5, 5.41) is 2.60. The lowest BCUT2D eigenvalue weighted by Gasteiger charge is -1.99. The monoisotopic (exact) mass is 267 g/mol. The van der Waals surface area contributed by atoms with Gasteiger partial charge >= 0.3 is 0 Å². The van der Waals surface area contributed by atoms with Crippen molar-refractivity contribution in [3.8, 4) is 11.3 Å². The van der Waals surface area contributed by atoms with Gasteiger partial charge in [-0.3, -0.25) is 4.79 Å². The smallest absolute Gasteiger partial charge is 0.287 e. The zero-order valence-electron chi connectivity index (χ0n) is 9.45. The number of furan rings is 1. The molecule has 0 bridgehead atoms. The number of halogens is 2. The van der Waals surface area contributed by atoms with Crippen LogP contribution in [0.5, 0.6) is 0 Å². The average Bonchev–Trinajstić information content (AvgIpc) is 2.86. The normalized spacial score (nSPS) is 10.3. The highest BCUT2D eigenvalue weighted by Gasteiger charge is 2.11. The Balaban J connectivity index is 2.15. The standard InChI is InChI=1S/C13H11ClFNO2/c14-7-8-16-13(17)12-6-5-11(18-12)9-1-3-10(15)4-2-9/h1-6H,7-8H2,(H,16,17). The molecular formula is C13H11ClFNO2. The molecule has 0 spiro atoms. The van der Waals surface area contributed by atoms with E-state index in [1.54, 1.807) is 24.3 Å². The van der Waals surface area contributed by atoms with Crippen LogP contribution in [0.25, 0.3) is 11.3 Å². The van der Waals surface area contributed by atoms with Gasteiger partial charge in [0.2, 0.25) is 0 Å². The molecule has 0 saturated heterocycles. The van der Waals surface area contributed by atoms with Crippen molar-refractivity contribution in [2.75, 3.05) is 12.4 Å². The number of carbonyl (C=O) groups is 1. The van der Waals surface area contributed by atoms with E-state index in [1.165, 1.54) is 12.1 Å². The highest BCUT2D eigenvalue weighted by atomic mass is 35.5. The molecule has 0 aliphatic carbocycles. The van der Waals surface area contributed by atoms with Crippen molar-refractivity contribution in [2.24, 2.45) is 0 Å². The highest BCUT2D eigenvalue weighted by molar-refractivity contribution is 6.18. The Morgan fingerprint density at radius 2 is 1.94 bits per heavy atom. The molecular weight excluding hydrogens is 257 g/mol. The maximum absolute atomic E-state index is 12.8. The maximum Gasteiger partial charge on any atom is 0.287 e. The molecule has 18 heavy (non-hydrogen) atoms. The van der Waals surface area contributed by atoms with Crippen LogP contribution in [0, 0.1) is 5.82 Å². The zero-order chi connectivity index (χ0) is 13.0. The van der Waals surface area contributed by atoms with E-state index in [1.807, 2.05) is 0 Å². The van der Waals surface area contributed by atoms with Crippen molar-refractivity contribution in [1.82, 2.24) is 5.32 Å². The maximum atomic E-state index is 12.8. The second-order valence-corrected chi connectivity index (χ2v) is 3.99. The Morgan fingerprint density at radius 3 is 2.61 bits per heavy atom. The summed E-state index contributed by atoms with van der Waals surface area (Å²) in [4.78, 5) is 11.6. The fourth-order valence-electron chi connectivity index (χ4n) is 1.48. The third kappa shape index (κ3) is 2.90. The van der Waals surface area contributed by atoms with Gasteiger partial charge in [0.05, 0.1) is 0 Å². The lowest BCUT2D eigenvalue weighted by molar-refractivity contribution is 0.0929. The summed E-state index contributed by atoms with van der Waals surface area (Å²) >= 11 is 5.47. The molecule has 1 aromatic carbocycles. The van der Waals surface area contributed by atoms with Crippen molar-refractivity contribution in [3.05, 3.63) is 48.0 Å². The quantitative estimate of drug-likeness (QED) is 0.865. The van der Waals surface area contributed by atoms with Gasteiger partial charge in [0.25, 0.3) is 5.91 Å². The summed E-state index contributed by atoms with van der Waals surface area (Å²) in [7, 11) is 0. The summed E-state index contributed by atoms with van der Waals surface area (Å²) in [6.07, 6.45) is 0. The van der Waals surface area contributed by atoms with Crippen LogP contribution in [0.15, 0.2) is 40.8 Å². The molecule has 1 aromatic heterocycles. The van der Waals surface area contributed by atoms with Crippen molar-refractivity contribution in [1.29, 1.82) is 0 Å². The van der Waals surface area contributed by atoms with Gasteiger partial charge in [-0.05, 0) is 36.4 Å². The van der Waals surface area contributed by atoms with Gasteiger partial charge in [-0.1, -0.05) is 0 Å². The second-order valence-electron chi connectivity index (χ2n) is 3.62. The predicted molar refractivity (Wildman–Crippen MR) is 67.2 cm³/mol. The first-order valence-electron chi connectivity index (χ1n) is 5.40. The lowest BCUT2D eigenvalue weighted by Crippen LogP contribution is -2.24. The summed E-state index contributed by atoms with van der Waals surface area (Å²) in [6.45, 7) is 0.382. The summed E-state index contributed by atoms with van der Waals surface area (Å²) in [6, 6.07) is 9.10. The van der Waals surface area contributed by atoms with E-state index in [0.717, 1.165) is 0 Å². The van der Waals surface area contributed by atoms with Crippen molar-refractivity contribution >= 4 is 17.5 Å². The first-order valence-corrected chi connectivity index (χ1v) is 5.94. The molecule has 0 radical (unpaired) electrons. The Kier molecular flexibility index (Phi) is 3.99. The Hall–Kier alpha value is -1.81. The minimum Gasteiger partial charge on any atom is -0.451 e. The van der Waals surface area contributed by atoms with Crippen molar-refractivity contribution < 1.29 is 13.6 Å². The SMILES string of the molecule is O=C(NCCCl)c1ccc(-c2ccc(F)cc2)o1. The van der Waals surface area contributed by atoms with Crippen LogP contribution in [-0.2, 0) is 0 Å². The van der Waals surface area contributed by atoms with Gasteiger partial charge in [0.15, 0.2) is 5.76 Å². The number of alkyl halides is 1. The number of rotatable bonds is 4. The van der Waals surface area contributed by atoms with Gasteiger partial charge < -0.3 is 9.73 Å². The van der Waals surface area contributed by atoms with Gasteiger partial charge in [0.1, 0.15) is 11.6 Å². The molecule has 94 valence electrons. The first-order chi connectivity index (χ1) is 8.70. The van der Waals surface area contributed by atoms with Gasteiger partial charge in [0, 0.05) is 18.0 Å². The molecule has 0 aliphatic heterocycles. The van der Waals surface area contributed by atoms with E-state index in [2.05, 4.69) is 5.32 Å². The molecule has 0 saturated carbocycles. The molecule has 0 unspecified atom stereocenters. The Morgan fingerprint density at radius 1 is 1.22 bits per heavy atom. The number of carbonyl (C=O) groups excluding carboxylic acids is 1. The van der Waals surface area contributed by atoms with E-state index in [4.69, 9.17) is 16.0 Å². The number of hydrogen-bond donors (Lipinski definition) is 1. The molecule has 3 nitrogen and oxygen atoms in total. The van der Waals surface area contributed by atoms with E-state index >= 15 is 0 Å². The van der Waals surface area contributed by atoms with Gasteiger partial charge in [-0.25, -0.2) is 4.39 Å². The van der Waals surface area contributed by atoms with Crippen LogP contribution in [-0.4, -0.2) is 18.3 Å². The zero-order valence-corrected chi connectivity index (χ0v) is 10.2. The van der Waals surface area contributed by atoms with Crippen LogP contribution < -0.4 is 5.32 Å². The minimum absolute atomic E-state index is 0.208. The van der Waals surface area contributed by atoms with Crippen LogP contribution in [0.2, 0.25) is 0 Å². The number of benzene rings is 1. The molecule has 5 heteroatoms. The van der Waals surface area contributed by atoms with Crippen LogP contribution in [0.4, 0.5) is 4.39 Å². The van der Waals surface area contributed by atoms with E-state index in [-0.39, 0.29) is 17.5 Å². The molecule has 0 fully saturated rings. The molecule has 1 heterocycles. The fourth-order valence-corrected chi connectivity index (χ4v) is 1.57. The average molecular weight is 268 g/mol. The van der Waals surface area contributed by atoms with Crippen LogP contribution in [0.1, 0.15) is 10.6 Å². The van der Waals surface area contributed by atoms with E-state index in [9.17, 15) is 9.18 Å². The molecule has 1 amide bonds. The summed E-state index contributed by atoms with van der Waals surface area (Å²) in [5.41, 5.74) is 0.716. The topological polar surface area (TPSA) is 42.2 Å². The van der Waals surface area contributed by atoms with E-state index < -0.39 is 0 Å². The third-order valence-corrected chi connectivity index (χ3v) is 2.53. The lowest BCUT2D eigenvalue weighted by atomic mass is 10.2. The van der Waals surface area contributed by atoms with Gasteiger partial charge in [-0.15, -0.1) is 11.6 Å². The third-order valence-electron chi connectivity index (χ3n) is 2.34. The van der Waals surface area contributed by atoms with Crippen molar-refractivity contribution in [2.45, 2.75) is 0 Å². The predicted octanol–water partition coefficient (Wildman–Crippen LogP) is 3.05. The second kappa shape index (κ2) is 5.69. The largest absolute Gasteiger partial charge is 0.451 e.